The van der Waals surface area contributed by atoms with Crippen LogP contribution < -0.4 is 24.4 Å². The minimum absolute atomic E-state index is 0.180. The molecular weight excluding hydrogens is 420 g/mol. The van der Waals surface area contributed by atoms with E-state index in [-0.39, 0.29) is 11.3 Å². The number of benzene rings is 3. The van der Waals surface area contributed by atoms with Crippen LogP contribution >= 0.6 is 0 Å². The van der Waals surface area contributed by atoms with Gasteiger partial charge in [0.05, 0.1) is 32.6 Å². The summed E-state index contributed by atoms with van der Waals surface area (Å²) < 4.78 is 15.9. The number of hydrogen-bond donors (Lipinski definition) is 1. The molecule has 1 N–H and O–H groups in total. The van der Waals surface area contributed by atoms with Crippen LogP contribution in [0.2, 0.25) is 0 Å². The van der Waals surface area contributed by atoms with Crippen LogP contribution in [0.15, 0.2) is 72.4 Å². The third kappa shape index (κ3) is 4.13. The van der Waals surface area contributed by atoms with Gasteiger partial charge >= 0.3 is 0 Å². The summed E-state index contributed by atoms with van der Waals surface area (Å²) >= 11 is 0. The van der Waals surface area contributed by atoms with Crippen LogP contribution in [0.5, 0.6) is 17.2 Å². The van der Waals surface area contributed by atoms with Crippen molar-refractivity contribution in [1.29, 1.82) is 0 Å². The van der Waals surface area contributed by atoms with Crippen LogP contribution in [-0.2, 0) is 9.59 Å². The molecule has 0 aliphatic carbocycles. The van der Waals surface area contributed by atoms with Crippen molar-refractivity contribution in [3.63, 3.8) is 0 Å². The van der Waals surface area contributed by atoms with Gasteiger partial charge in [-0.05, 0) is 36.8 Å². The number of aryl methyl sites for hydroxylation is 1. The molecule has 0 atom stereocenters. The van der Waals surface area contributed by atoms with Crippen molar-refractivity contribution in [2.24, 2.45) is 0 Å². The van der Waals surface area contributed by atoms with E-state index in [1.54, 1.807) is 49.6 Å². The third-order valence-corrected chi connectivity index (χ3v) is 5.39. The maximum Gasteiger partial charge on any atom is 0.282 e. The second kappa shape index (κ2) is 9.08. The van der Waals surface area contributed by atoms with E-state index in [0.29, 0.717) is 34.2 Å². The van der Waals surface area contributed by atoms with Crippen molar-refractivity contribution >= 4 is 28.8 Å². The standard InChI is InChI=1S/C26H24N2O5/c1-16-8-10-17(11-9-16)23-24(27-18-12-13-21(32-3)22(14-18)33-4)26(30)28(25(23)29)19-6-5-7-20(15-19)31-2/h5-15,27H,1-4H3. The van der Waals surface area contributed by atoms with Gasteiger partial charge in [0.2, 0.25) is 0 Å². The first-order chi connectivity index (χ1) is 16.0. The molecule has 33 heavy (non-hydrogen) atoms. The molecule has 168 valence electrons. The lowest BCUT2D eigenvalue weighted by Gasteiger charge is -2.16. The van der Waals surface area contributed by atoms with E-state index in [9.17, 15) is 9.59 Å². The molecule has 0 unspecified atom stereocenters. The molecule has 0 fully saturated rings. The summed E-state index contributed by atoms with van der Waals surface area (Å²) in [6.45, 7) is 1.96. The maximum atomic E-state index is 13.5. The molecule has 4 rings (SSSR count). The highest BCUT2D eigenvalue weighted by Crippen LogP contribution is 2.36. The van der Waals surface area contributed by atoms with E-state index >= 15 is 0 Å². The SMILES string of the molecule is COc1cccc(N2C(=O)C(Nc3ccc(OC)c(OC)c3)=C(c3ccc(C)cc3)C2=O)c1. The normalized spacial score (nSPS) is 13.4. The number of rotatable bonds is 7. The van der Waals surface area contributed by atoms with Crippen molar-refractivity contribution in [2.75, 3.05) is 31.5 Å². The molecule has 7 heteroatoms. The summed E-state index contributed by atoms with van der Waals surface area (Å²) in [6, 6.07) is 19.5. The van der Waals surface area contributed by atoms with Gasteiger partial charge in [0.15, 0.2) is 11.5 Å². The van der Waals surface area contributed by atoms with Gasteiger partial charge in [0.1, 0.15) is 11.4 Å². The van der Waals surface area contributed by atoms with Gasteiger partial charge in [0.25, 0.3) is 11.8 Å². The van der Waals surface area contributed by atoms with Gasteiger partial charge in [-0.25, -0.2) is 4.90 Å². The Bertz CT molecular complexity index is 1250. The molecule has 0 aromatic heterocycles. The summed E-state index contributed by atoms with van der Waals surface area (Å²) in [5, 5.41) is 3.14. The highest BCUT2D eigenvalue weighted by molar-refractivity contribution is 6.46. The average Bonchev–Trinajstić information content (AvgIpc) is 3.08. The predicted molar refractivity (Wildman–Crippen MR) is 127 cm³/mol. The Morgan fingerprint density at radius 2 is 1.48 bits per heavy atom. The van der Waals surface area contributed by atoms with Crippen LogP contribution in [-0.4, -0.2) is 33.1 Å². The Kier molecular flexibility index (Phi) is 6.04. The Balaban J connectivity index is 1.81. The third-order valence-electron chi connectivity index (χ3n) is 5.39. The lowest BCUT2D eigenvalue weighted by molar-refractivity contribution is -0.120. The van der Waals surface area contributed by atoms with E-state index in [4.69, 9.17) is 14.2 Å². The number of nitrogens with zero attached hydrogens (tertiary/aromatic N) is 1. The van der Waals surface area contributed by atoms with E-state index in [1.807, 2.05) is 31.2 Å². The first-order valence-corrected chi connectivity index (χ1v) is 10.3. The molecule has 0 saturated heterocycles. The number of amides is 2. The number of nitrogens with one attached hydrogen (secondary N) is 1. The summed E-state index contributed by atoms with van der Waals surface area (Å²) in [5.74, 6) is 0.731. The Morgan fingerprint density at radius 1 is 0.758 bits per heavy atom. The molecule has 1 heterocycles. The second-order valence-electron chi connectivity index (χ2n) is 7.46. The number of carbonyl (C=O) groups is 2. The van der Waals surface area contributed by atoms with Crippen molar-refractivity contribution in [1.82, 2.24) is 0 Å². The fourth-order valence-electron chi connectivity index (χ4n) is 3.68. The van der Waals surface area contributed by atoms with Crippen molar-refractivity contribution in [3.8, 4) is 17.2 Å². The highest BCUT2D eigenvalue weighted by Gasteiger charge is 2.40. The van der Waals surface area contributed by atoms with Crippen LogP contribution in [0.25, 0.3) is 5.57 Å². The van der Waals surface area contributed by atoms with Gasteiger partial charge < -0.3 is 19.5 Å². The molecule has 3 aromatic rings. The summed E-state index contributed by atoms with van der Waals surface area (Å²) in [5.41, 5.74) is 3.18. The Hall–Kier alpha value is -4.26. The van der Waals surface area contributed by atoms with E-state index < -0.39 is 11.8 Å². The molecule has 0 spiro atoms. The highest BCUT2D eigenvalue weighted by atomic mass is 16.5. The van der Waals surface area contributed by atoms with Gasteiger partial charge in [-0.15, -0.1) is 0 Å². The van der Waals surface area contributed by atoms with Crippen molar-refractivity contribution in [2.45, 2.75) is 6.92 Å². The minimum Gasteiger partial charge on any atom is -0.497 e. The average molecular weight is 444 g/mol. The number of hydrogen-bond acceptors (Lipinski definition) is 6. The minimum atomic E-state index is -0.460. The fraction of sp³-hybridized carbons (Fsp3) is 0.154. The Morgan fingerprint density at radius 3 is 2.15 bits per heavy atom. The molecule has 0 bridgehead atoms. The molecule has 1 aliphatic rings. The smallest absolute Gasteiger partial charge is 0.282 e. The van der Waals surface area contributed by atoms with E-state index in [2.05, 4.69) is 5.32 Å². The summed E-state index contributed by atoms with van der Waals surface area (Å²) in [6.07, 6.45) is 0. The number of anilines is 2. The maximum absolute atomic E-state index is 13.5. The van der Waals surface area contributed by atoms with Gasteiger partial charge in [-0.1, -0.05) is 35.9 Å². The van der Waals surface area contributed by atoms with E-state index in [1.165, 1.54) is 14.2 Å². The predicted octanol–water partition coefficient (Wildman–Crippen LogP) is 4.42. The number of carbonyl (C=O) groups excluding carboxylic acids is 2. The van der Waals surface area contributed by atoms with Crippen LogP contribution in [0.4, 0.5) is 11.4 Å². The second-order valence-corrected chi connectivity index (χ2v) is 7.46. The topological polar surface area (TPSA) is 77.1 Å². The van der Waals surface area contributed by atoms with Crippen LogP contribution in [0.3, 0.4) is 0 Å². The molecule has 2 amide bonds. The van der Waals surface area contributed by atoms with Crippen LogP contribution in [0.1, 0.15) is 11.1 Å². The molecule has 7 nitrogen and oxygen atoms in total. The largest absolute Gasteiger partial charge is 0.497 e. The van der Waals surface area contributed by atoms with Crippen molar-refractivity contribution in [3.05, 3.63) is 83.6 Å². The quantitative estimate of drug-likeness (QED) is 0.544. The lowest BCUT2D eigenvalue weighted by Crippen LogP contribution is -2.32. The monoisotopic (exact) mass is 444 g/mol. The zero-order valence-electron chi connectivity index (χ0n) is 18.8. The molecule has 0 saturated carbocycles. The van der Waals surface area contributed by atoms with Crippen molar-refractivity contribution < 1.29 is 23.8 Å². The Labute approximate surface area is 192 Å². The zero-order valence-corrected chi connectivity index (χ0v) is 18.8. The molecule has 3 aromatic carbocycles. The molecule has 1 aliphatic heterocycles. The fourth-order valence-corrected chi connectivity index (χ4v) is 3.68. The number of methoxy groups -OCH3 is 3. The first kappa shape index (κ1) is 22.0. The molecular formula is C26H24N2O5. The number of ether oxygens (including phenoxy) is 3. The summed E-state index contributed by atoms with van der Waals surface area (Å²) in [4.78, 5) is 28.2. The van der Waals surface area contributed by atoms with Gasteiger partial charge in [0, 0.05) is 17.8 Å². The number of imide groups is 1. The van der Waals surface area contributed by atoms with E-state index in [0.717, 1.165) is 10.5 Å². The van der Waals surface area contributed by atoms with Crippen LogP contribution in [0, 0.1) is 6.92 Å². The molecule has 0 radical (unpaired) electrons. The van der Waals surface area contributed by atoms with Gasteiger partial charge in [-0.2, -0.15) is 0 Å². The lowest BCUT2D eigenvalue weighted by atomic mass is 10.0. The summed E-state index contributed by atoms with van der Waals surface area (Å²) in [7, 11) is 4.62. The zero-order chi connectivity index (χ0) is 23.5. The van der Waals surface area contributed by atoms with Gasteiger partial charge in [-0.3, -0.25) is 9.59 Å². The first-order valence-electron chi connectivity index (χ1n) is 10.3.